The molecule has 120 valence electrons. The van der Waals surface area contributed by atoms with E-state index in [-0.39, 0.29) is 16.9 Å². The fourth-order valence-electron chi connectivity index (χ4n) is 2.59. The molecule has 0 amide bonds. The van der Waals surface area contributed by atoms with E-state index in [1.165, 1.54) is 28.7 Å². The normalized spacial score (nSPS) is 12.2. The van der Waals surface area contributed by atoms with Gasteiger partial charge in [-0.2, -0.15) is 13.2 Å². The van der Waals surface area contributed by atoms with Gasteiger partial charge in [0.2, 0.25) is 0 Å². The topological polar surface area (TPSA) is 43.1 Å². The molecule has 0 N–H and O–H groups in total. The summed E-state index contributed by atoms with van der Waals surface area (Å²) in [5.41, 5.74) is -1.07. The van der Waals surface area contributed by atoms with E-state index in [9.17, 15) is 17.6 Å². The predicted molar refractivity (Wildman–Crippen MR) is 78.7 cm³/mol. The fourth-order valence-corrected chi connectivity index (χ4v) is 2.59. The number of halogens is 4. The van der Waals surface area contributed by atoms with Gasteiger partial charge in [0.25, 0.3) is 0 Å². The lowest BCUT2D eigenvalue weighted by atomic mass is 10.2. The molecule has 0 spiro atoms. The van der Waals surface area contributed by atoms with Crippen molar-refractivity contribution < 1.29 is 17.6 Å². The van der Waals surface area contributed by atoms with Gasteiger partial charge in [-0.1, -0.05) is 24.3 Å². The van der Waals surface area contributed by atoms with E-state index in [0.717, 1.165) is 0 Å². The fraction of sp³-hybridized carbons (Fsp3) is 0.0625. The minimum absolute atomic E-state index is 0.00722. The lowest BCUT2D eigenvalue weighted by Crippen LogP contribution is -2.12. The Morgan fingerprint density at radius 2 is 1.58 bits per heavy atom. The summed E-state index contributed by atoms with van der Waals surface area (Å²) in [5.74, 6) is -0.603. The Hall–Kier alpha value is -3.03. The second kappa shape index (κ2) is 4.98. The summed E-state index contributed by atoms with van der Waals surface area (Å²) in [7, 11) is 0. The van der Waals surface area contributed by atoms with E-state index in [1.54, 1.807) is 24.3 Å². The quantitative estimate of drug-likeness (QED) is 0.493. The molecule has 0 bridgehead atoms. The Morgan fingerprint density at radius 3 is 2.33 bits per heavy atom. The molecule has 2 aromatic heterocycles. The molecule has 0 aliphatic rings. The molecule has 2 aromatic carbocycles. The molecule has 0 unspecified atom stereocenters. The van der Waals surface area contributed by atoms with E-state index in [0.29, 0.717) is 5.52 Å². The molecule has 4 rings (SSSR count). The molecule has 0 radical (unpaired) electrons. The van der Waals surface area contributed by atoms with Crippen molar-refractivity contribution in [2.75, 3.05) is 0 Å². The maximum absolute atomic E-state index is 14.1. The summed E-state index contributed by atoms with van der Waals surface area (Å²) in [6.07, 6.45) is -4.70. The van der Waals surface area contributed by atoms with E-state index >= 15 is 0 Å². The number of nitrogens with zero attached hydrogens (tertiary/aromatic N) is 4. The highest BCUT2D eigenvalue weighted by molar-refractivity contribution is 5.81. The van der Waals surface area contributed by atoms with Crippen molar-refractivity contribution in [1.29, 1.82) is 0 Å². The Balaban J connectivity index is 2.19. The van der Waals surface area contributed by atoms with Crippen LogP contribution in [0.3, 0.4) is 0 Å². The second-order valence-electron chi connectivity index (χ2n) is 5.11. The van der Waals surface area contributed by atoms with Crippen LogP contribution in [0.4, 0.5) is 17.6 Å². The third-order valence-corrected chi connectivity index (χ3v) is 3.61. The Morgan fingerprint density at radius 1 is 0.875 bits per heavy atom. The van der Waals surface area contributed by atoms with Gasteiger partial charge in [0.15, 0.2) is 17.2 Å². The van der Waals surface area contributed by atoms with E-state index in [1.807, 2.05) is 0 Å². The second-order valence-corrected chi connectivity index (χ2v) is 5.11. The molecule has 4 nitrogen and oxygen atoms in total. The summed E-state index contributed by atoms with van der Waals surface area (Å²) in [5, 5.41) is 7.40. The summed E-state index contributed by atoms with van der Waals surface area (Å²) >= 11 is 0. The first-order chi connectivity index (χ1) is 11.5. The molecule has 0 aliphatic heterocycles. The molecule has 0 saturated heterocycles. The van der Waals surface area contributed by atoms with Gasteiger partial charge in [0.1, 0.15) is 5.82 Å². The van der Waals surface area contributed by atoms with Crippen molar-refractivity contribution in [2.24, 2.45) is 0 Å². The predicted octanol–water partition coefficient (Wildman–Crippen LogP) is 4.10. The van der Waals surface area contributed by atoms with Crippen LogP contribution < -0.4 is 0 Å². The molecular weight excluding hydrogens is 324 g/mol. The van der Waals surface area contributed by atoms with Gasteiger partial charge in [-0.25, -0.2) is 9.37 Å². The summed E-state index contributed by atoms with van der Waals surface area (Å²) < 4.78 is 55.2. The van der Waals surface area contributed by atoms with Crippen LogP contribution in [0.25, 0.3) is 28.1 Å². The van der Waals surface area contributed by atoms with E-state index in [2.05, 4.69) is 15.2 Å². The van der Waals surface area contributed by atoms with Gasteiger partial charge in [0, 0.05) is 0 Å². The van der Waals surface area contributed by atoms with Gasteiger partial charge < -0.3 is 0 Å². The largest absolute Gasteiger partial charge is 0.437 e. The van der Waals surface area contributed by atoms with Crippen LogP contribution in [0.15, 0.2) is 48.5 Å². The monoisotopic (exact) mass is 332 g/mol. The maximum atomic E-state index is 14.1. The number of para-hydroxylation sites is 2. The average Bonchev–Trinajstić information content (AvgIpc) is 2.98. The molecular formula is C16H8F4N4. The highest BCUT2D eigenvalue weighted by Gasteiger charge is 2.37. The Labute approximate surface area is 132 Å². The highest BCUT2D eigenvalue weighted by atomic mass is 19.4. The van der Waals surface area contributed by atoms with Crippen LogP contribution >= 0.6 is 0 Å². The molecule has 2 heterocycles. The van der Waals surface area contributed by atoms with Crippen LogP contribution in [0.2, 0.25) is 0 Å². The molecule has 0 atom stereocenters. The zero-order chi connectivity index (χ0) is 16.9. The number of fused-ring (bicyclic) bond motifs is 3. The first-order valence-electron chi connectivity index (χ1n) is 6.93. The highest BCUT2D eigenvalue weighted by Crippen LogP contribution is 2.34. The molecule has 24 heavy (non-hydrogen) atoms. The molecule has 8 heteroatoms. The number of hydrogen-bond donors (Lipinski definition) is 0. The van der Waals surface area contributed by atoms with Crippen molar-refractivity contribution >= 4 is 16.7 Å². The number of rotatable bonds is 1. The van der Waals surface area contributed by atoms with Gasteiger partial charge in [-0.15, -0.1) is 10.2 Å². The third-order valence-electron chi connectivity index (χ3n) is 3.61. The van der Waals surface area contributed by atoms with Gasteiger partial charge in [-0.05, 0) is 24.3 Å². The Bertz CT molecular complexity index is 1070. The molecule has 0 aliphatic carbocycles. The van der Waals surface area contributed by atoms with Crippen molar-refractivity contribution in [2.45, 2.75) is 6.18 Å². The van der Waals surface area contributed by atoms with Crippen molar-refractivity contribution in [3.8, 4) is 11.4 Å². The van der Waals surface area contributed by atoms with E-state index < -0.39 is 23.3 Å². The zero-order valence-corrected chi connectivity index (χ0v) is 11.9. The maximum Gasteiger partial charge on any atom is 0.437 e. The lowest BCUT2D eigenvalue weighted by molar-refractivity contribution is -0.140. The van der Waals surface area contributed by atoms with Crippen LogP contribution in [-0.2, 0) is 6.18 Å². The van der Waals surface area contributed by atoms with Crippen LogP contribution in [0.1, 0.15) is 5.69 Å². The van der Waals surface area contributed by atoms with Crippen molar-refractivity contribution in [3.63, 3.8) is 0 Å². The minimum Gasteiger partial charge on any atom is -0.271 e. The third kappa shape index (κ3) is 2.10. The van der Waals surface area contributed by atoms with Gasteiger partial charge in [0.05, 0.1) is 16.6 Å². The zero-order valence-electron chi connectivity index (χ0n) is 11.9. The van der Waals surface area contributed by atoms with Crippen molar-refractivity contribution in [3.05, 3.63) is 60.0 Å². The molecule has 0 saturated carbocycles. The van der Waals surface area contributed by atoms with Crippen LogP contribution in [0.5, 0.6) is 0 Å². The lowest BCUT2D eigenvalue weighted by Gasteiger charge is -2.10. The van der Waals surface area contributed by atoms with E-state index in [4.69, 9.17) is 0 Å². The average molecular weight is 332 g/mol. The first-order valence-corrected chi connectivity index (χ1v) is 6.93. The van der Waals surface area contributed by atoms with Crippen LogP contribution in [-0.4, -0.2) is 19.6 Å². The van der Waals surface area contributed by atoms with Crippen LogP contribution in [0, 0.1) is 5.82 Å². The summed E-state index contributed by atoms with van der Waals surface area (Å²) in [4.78, 5) is 3.66. The number of hydrogen-bond acceptors (Lipinski definition) is 3. The summed E-state index contributed by atoms with van der Waals surface area (Å²) in [6.45, 7) is 0. The first kappa shape index (κ1) is 14.6. The summed E-state index contributed by atoms with van der Waals surface area (Å²) in [6, 6.07) is 12.0. The number of benzene rings is 2. The number of alkyl halides is 3. The standard InChI is InChI=1S/C16H8F4N4/c17-10-6-2-1-5-9(10)14-22-23-15-13(16(18,19)20)21-11-7-3-4-8-12(11)24(14)15/h1-8H. The van der Waals surface area contributed by atoms with Gasteiger partial charge >= 0.3 is 6.18 Å². The Kier molecular flexibility index (Phi) is 3.02. The van der Waals surface area contributed by atoms with Gasteiger partial charge in [-0.3, -0.25) is 4.40 Å². The SMILES string of the molecule is Fc1ccccc1-c1nnc2c(C(F)(F)F)nc3ccccc3n12. The minimum atomic E-state index is -4.70. The smallest absolute Gasteiger partial charge is 0.271 e. The number of aromatic nitrogens is 4. The molecule has 0 fully saturated rings. The molecule has 4 aromatic rings. The van der Waals surface area contributed by atoms with Crippen molar-refractivity contribution in [1.82, 2.24) is 19.6 Å².